The molecule has 5 heteroatoms. The van der Waals surface area contributed by atoms with Gasteiger partial charge in [-0.15, -0.1) is 0 Å². The quantitative estimate of drug-likeness (QED) is 0.756. The molecule has 0 aliphatic heterocycles. The van der Waals surface area contributed by atoms with Crippen LogP contribution in [0.25, 0.3) is 0 Å². The topological polar surface area (TPSA) is 33.1 Å². The van der Waals surface area contributed by atoms with Crippen molar-refractivity contribution in [3.05, 3.63) is 28.0 Å². The summed E-state index contributed by atoms with van der Waals surface area (Å²) in [7, 11) is 0. The Bertz CT molecular complexity index is 317. The first-order valence-electron chi connectivity index (χ1n) is 3.61. The number of rotatable bonds is 2. The molecule has 0 aliphatic rings. The van der Waals surface area contributed by atoms with Gasteiger partial charge in [0.2, 0.25) is 0 Å². The van der Waals surface area contributed by atoms with Crippen LogP contribution < -0.4 is 0 Å². The number of aliphatic hydroxyl groups excluding tert-OH is 1. The normalized spacial score (nSPS) is 10.9. The Labute approximate surface area is 79.2 Å². The van der Waals surface area contributed by atoms with Crippen molar-refractivity contribution in [3.8, 4) is 0 Å². The molecule has 0 unspecified atom stereocenters. The van der Waals surface area contributed by atoms with Crippen LogP contribution in [0.1, 0.15) is 23.2 Å². The van der Waals surface area contributed by atoms with E-state index in [2.05, 4.69) is 4.98 Å². The first kappa shape index (κ1) is 10.3. The van der Waals surface area contributed by atoms with Gasteiger partial charge in [-0.25, -0.2) is 13.8 Å². The molecule has 0 spiro atoms. The number of pyridine rings is 1. The summed E-state index contributed by atoms with van der Waals surface area (Å²) >= 11 is 5.50. The van der Waals surface area contributed by atoms with E-state index in [0.717, 1.165) is 6.07 Å². The number of halogens is 3. The van der Waals surface area contributed by atoms with Gasteiger partial charge in [0.05, 0.1) is 6.61 Å². The van der Waals surface area contributed by atoms with Crippen LogP contribution in [0.3, 0.4) is 0 Å². The van der Waals surface area contributed by atoms with E-state index >= 15 is 0 Å². The summed E-state index contributed by atoms with van der Waals surface area (Å²) in [5.41, 5.74) is 0.240. The third-order valence-electron chi connectivity index (χ3n) is 1.73. The molecule has 0 radical (unpaired) electrons. The summed E-state index contributed by atoms with van der Waals surface area (Å²) in [6.07, 6.45) is -2.64. The van der Waals surface area contributed by atoms with Crippen molar-refractivity contribution in [1.29, 1.82) is 0 Å². The van der Waals surface area contributed by atoms with E-state index in [1.165, 1.54) is 6.92 Å². The smallest absolute Gasteiger partial charge is 0.264 e. The van der Waals surface area contributed by atoms with Crippen molar-refractivity contribution in [1.82, 2.24) is 4.98 Å². The lowest BCUT2D eigenvalue weighted by Gasteiger charge is -2.09. The fraction of sp³-hybridized carbons (Fsp3) is 0.375. The van der Waals surface area contributed by atoms with Gasteiger partial charge in [-0.05, 0) is 13.0 Å². The Morgan fingerprint density at radius 3 is 2.69 bits per heavy atom. The van der Waals surface area contributed by atoms with Gasteiger partial charge in [-0.2, -0.15) is 0 Å². The maximum atomic E-state index is 12.4. The van der Waals surface area contributed by atoms with Crippen LogP contribution in [0.15, 0.2) is 6.07 Å². The first-order valence-corrected chi connectivity index (χ1v) is 3.99. The summed E-state index contributed by atoms with van der Waals surface area (Å²) in [6, 6.07) is 1.07. The SMILES string of the molecule is Cc1nc(Cl)cc(C(F)F)c1CO. The van der Waals surface area contributed by atoms with Crippen LogP contribution >= 0.6 is 11.6 Å². The summed E-state index contributed by atoms with van der Waals surface area (Å²) in [6.45, 7) is 1.08. The lowest BCUT2D eigenvalue weighted by molar-refractivity contribution is 0.146. The largest absolute Gasteiger partial charge is 0.392 e. The molecule has 1 rings (SSSR count). The molecule has 0 amide bonds. The molecule has 2 nitrogen and oxygen atoms in total. The fourth-order valence-electron chi connectivity index (χ4n) is 1.08. The number of aryl methyl sites for hydroxylation is 1. The predicted molar refractivity (Wildman–Crippen MR) is 44.9 cm³/mol. The monoisotopic (exact) mass is 207 g/mol. The molecule has 1 aromatic rings. The number of aromatic nitrogens is 1. The molecule has 13 heavy (non-hydrogen) atoms. The Morgan fingerprint density at radius 2 is 2.23 bits per heavy atom. The zero-order valence-corrected chi connectivity index (χ0v) is 7.65. The van der Waals surface area contributed by atoms with E-state index < -0.39 is 13.0 Å². The number of aliphatic hydroxyl groups is 1. The molecule has 1 heterocycles. The average Bonchev–Trinajstić information content (AvgIpc) is 2.02. The van der Waals surface area contributed by atoms with Crippen molar-refractivity contribution >= 4 is 11.6 Å². The van der Waals surface area contributed by atoms with Gasteiger partial charge in [0, 0.05) is 16.8 Å². The molecule has 1 N–H and O–H groups in total. The highest BCUT2D eigenvalue weighted by Crippen LogP contribution is 2.26. The van der Waals surface area contributed by atoms with Crippen LogP contribution in [0.4, 0.5) is 8.78 Å². The standard InChI is InChI=1S/C8H8ClF2NO/c1-4-6(3-13)5(8(10)11)2-7(9)12-4/h2,8,13H,3H2,1H3. The van der Waals surface area contributed by atoms with Gasteiger partial charge < -0.3 is 5.11 Å². The van der Waals surface area contributed by atoms with Crippen molar-refractivity contribution < 1.29 is 13.9 Å². The molecule has 0 fully saturated rings. The lowest BCUT2D eigenvalue weighted by Crippen LogP contribution is -2.00. The number of hydrogen-bond acceptors (Lipinski definition) is 2. The van der Waals surface area contributed by atoms with Crippen LogP contribution in [-0.2, 0) is 6.61 Å². The van der Waals surface area contributed by atoms with E-state index in [9.17, 15) is 8.78 Å². The molecule has 0 aliphatic carbocycles. The zero-order valence-electron chi connectivity index (χ0n) is 6.89. The lowest BCUT2D eigenvalue weighted by atomic mass is 10.1. The van der Waals surface area contributed by atoms with Gasteiger partial charge in [-0.3, -0.25) is 0 Å². The summed E-state index contributed by atoms with van der Waals surface area (Å²) in [5, 5.41) is 8.84. The number of nitrogens with zero attached hydrogens (tertiary/aromatic N) is 1. The van der Waals surface area contributed by atoms with Crippen LogP contribution in [0.5, 0.6) is 0 Å². The molecule has 0 bridgehead atoms. The summed E-state index contributed by atoms with van der Waals surface area (Å²) in [5.74, 6) is 0. The molecule has 0 atom stereocenters. The van der Waals surface area contributed by atoms with Gasteiger partial charge in [0.15, 0.2) is 0 Å². The maximum Gasteiger partial charge on any atom is 0.264 e. The maximum absolute atomic E-state index is 12.4. The van der Waals surface area contributed by atoms with E-state index in [1.807, 2.05) is 0 Å². The Morgan fingerprint density at radius 1 is 1.62 bits per heavy atom. The van der Waals surface area contributed by atoms with E-state index in [0.29, 0.717) is 5.69 Å². The van der Waals surface area contributed by atoms with Gasteiger partial charge >= 0.3 is 0 Å². The minimum atomic E-state index is -2.64. The zero-order chi connectivity index (χ0) is 10.0. The van der Waals surface area contributed by atoms with Crippen LogP contribution in [0.2, 0.25) is 5.15 Å². The van der Waals surface area contributed by atoms with Crippen molar-refractivity contribution in [2.45, 2.75) is 20.0 Å². The average molecular weight is 208 g/mol. The molecule has 0 aromatic carbocycles. The molecule has 72 valence electrons. The fourth-order valence-corrected chi connectivity index (χ4v) is 1.33. The van der Waals surface area contributed by atoms with Crippen molar-refractivity contribution in [2.24, 2.45) is 0 Å². The highest BCUT2D eigenvalue weighted by molar-refractivity contribution is 6.29. The third kappa shape index (κ3) is 2.14. The highest BCUT2D eigenvalue weighted by Gasteiger charge is 2.16. The van der Waals surface area contributed by atoms with Gasteiger partial charge in [0.25, 0.3) is 6.43 Å². The second-order valence-electron chi connectivity index (χ2n) is 2.56. The van der Waals surface area contributed by atoms with Crippen LogP contribution in [-0.4, -0.2) is 10.1 Å². The Balaban J connectivity index is 3.29. The molecule has 0 saturated carbocycles. The Hall–Kier alpha value is -0.740. The second kappa shape index (κ2) is 3.98. The summed E-state index contributed by atoms with van der Waals surface area (Å²) in [4.78, 5) is 3.76. The number of hydrogen-bond donors (Lipinski definition) is 1. The minimum Gasteiger partial charge on any atom is -0.392 e. The van der Waals surface area contributed by atoms with Crippen molar-refractivity contribution in [2.75, 3.05) is 0 Å². The molecule has 1 aromatic heterocycles. The van der Waals surface area contributed by atoms with E-state index in [1.54, 1.807) is 0 Å². The Kier molecular flexibility index (Phi) is 3.17. The van der Waals surface area contributed by atoms with Crippen LogP contribution in [0, 0.1) is 6.92 Å². The van der Waals surface area contributed by atoms with E-state index in [4.69, 9.17) is 16.7 Å². The predicted octanol–water partition coefficient (Wildman–Crippen LogP) is 2.47. The third-order valence-corrected chi connectivity index (χ3v) is 1.92. The summed E-state index contributed by atoms with van der Waals surface area (Å²) < 4.78 is 24.8. The minimum absolute atomic E-state index is 0.0185. The van der Waals surface area contributed by atoms with Crippen molar-refractivity contribution in [3.63, 3.8) is 0 Å². The second-order valence-corrected chi connectivity index (χ2v) is 2.94. The van der Waals surface area contributed by atoms with Gasteiger partial charge in [-0.1, -0.05) is 11.6 Å². The number of alkyl halides is 2. The molecular formula is C8H8ClF2NO. The van der Waals surface area contributed by atoms with Gasteiger partial charge in [0.1, 0.15) is 5.15 Å². The van der Waals surface area contributed by atoms with E-state index in [-0.39, 0.29) is 16.3 Å². The first-order chi connectivity index (χ1) is 6.06. The molecule has 0 saturated heterocycles. The highest BCUT2D eigenvalue weighted by atomic mass is 35.5. The molecular weight excluding hydrogens is 200 g/mol.